The predicted molar refractivity (Wildman–Crippen MR) is 62.3 cm³/mol. The van der Waals surface area contributed by atoms with Crippen LogP contribution in [0.3, 0.4) is 0 Å². The highest BCUT2D eigenvalue weighted by Crippen LogP contribution is 2.21. The second kappa shape index (κ2) is 3.31. The highest BCUT2D eigenvalue weighted by atomic mass is 127. The van der Waals surface area contributed by atoms with E-state index in [9.17, 15) is 4.79 Å². The largest absolute Gasteiger partial charge is 0.317 e. The number of hydrogen-bond acceptors (Lipinski definition) is 1. The maximum Gasteiger partial charge on any atom is 0.256 e. The molecular formula is C9H5ClINO. The molecule has 1 N–H and O–H groups in total. The highest BCUT2D eigenvalue weighted by molar-refractivity contribution is 14.1. The van der Waals surface area contributed by atoms with Crippen LogP contribution in [0.2, 0.25) is 5.02 Å². The van der Waals surface area contributed by atoms with Gasteiger partial charge in [-0.15, -0.1) is 0 Å². The van der Waals surface area contributed by atoms with Gasteiger partial charge in [0.15, 0.2) is 0 Å². The van der Waals surface area contributed by atoms with Crippen molar-refractivity contribution in [2.45, 2.75) is 0 Å². The van der Waals surface area contributed by atoms with E-state index in [4.69, 9.17) is 11.6 Å². The van der Waals surface area contributed by atoms with Gasteiger partial charge in [0.25, 0.3) is 5.56 Å². The Kier molecular flexibility index (Phi) is 2.29. The Labute approximate surface area is 93.1 Å². The van der Waals surface area contributed by atoms with Crippen molar-refractivity contribution < 1.29 is 0 Å². The number of H-pyrrole nitrogens is 1. The van der Waals surface area contributed by atoms with Gasteiger partial charge in [0.2, 0.25) is 0 Å². The van der Waals surface area contributed by atoms with Crippen LogP contribution in [-0.4, -0.2) is 4.98 Å². The summed E-state index contributed by atoms with van der Waals surface area (Å²) in [6.07, 6.45) is 0. The van der Waals surface area contributed by atoms with Gasteiger partial charge in [0.05, 0.1) is 3.70 Å². The van der Waals surface area contributed by atoms with Crippen LogP contribution in [0.1, 0.15) is 0 Å². The molecule has 0 aliphatic carbocycles. The molecule has 66 valence electrons. The Morgan fingerprint density at radius 3 is 2.85 bits per heavy atom. The minimum absolute atomic E-state index is 0.0931. The molecule has 0 bridgehead atoms. The summed E-state index contributed by atoms with van der Waals surface area (Å²) in [5.74, 6) is 0. The number of aromatic nitrogens is 1. The van der Waals surface area contributed by atoms with Gasteiger partial charge in [-0.05, 0) is 40.8 Å². The molecule has 0 spiro atoms. The van der Waals surface area contributed by atoms with Crippen LogP contribution in [-0.2, 0) is 0 Å². The van der Waals surface area contributed by atoms with Gasteiger partial charge >= 0.3 is 0 Å². The van der Waals surface area contributed by atoms with Crippen LogP contribution in [0, 0.1) is 3.70 Å². The molecule has 0 aliphatic rings. The van der Waals surface area contributed by atoms with Crippen molar-refractivity contribution in [3.63, 3.8) is 0 Å². The molecule has 1 heterocycles. The third-order valence-corrected chi connectivity index (χ3v) is 2.71. The molecule has 0 amide bonds. The summed E-state index contributed by atoms with van der Waals surface area (Å²) in [4.78, 5) is 14.1. The second-order valence-corrected chi connectivity index (χ2v) is 4.22. The van der Waals surface area contributed by atoms with Crippen molar-refractivity contribution in [2.24, 2.45) is 0 Å². The van der Waals surface area contributed by atoms with Gasteiger partial charge in [-0.3, -0.25) is 4.79 Å². The molecule has 0 aliphatic heterocycles. The van der Waals surface area contributed by atoms with E-state index >= 15 is 0 Å². The van der Waals surface area contributed by atoms with Crippen LogP contribution >= 0.6 is 34.2 Å². The average molecular weight is 306 g/mol. The molecule has 13 heavy (non-hydrogen) atoms. The fourth-order valence-electron chi connectivity index (χ4n) is 1.22. The average Bonchev–Trinajstić information content (AvgIpc) is 2.07. The summed E-state index contributed by atoms with van der Waals surface area (Å²) in [7, 11) is 0. The van der Waals surface area contributed by atoms with E-state index in [1.807, 2.05) is 6.07 Å². The fraction of sp³-hybridized carbons (Fsp3) is 0. The van der Waals surface area contributed by atoms with Crippen molar-refractivity contribution in [2.75, 3.05) is 0 Å². The Balaban J connectivity index is 3.03. The Morgan fingerprint density at radius 1 is 1.31 bits per heavy atom. The van der Waals surface area contributed by atoms with Gasteiger partial charge in [-0.25, -0.2) is 0 Å². The number of nitrogens with one attached hydrogen (secondary N) is 1. The predicted octanol–water partition coefficient (Wildman–Crippen LogP) is 2.79. The van der Waals surface area contributed by atoms with Gasteiger partial charge < -0.3 is 4.98 Å². The SMILES string of the molecule is O=c1[nH]c(I)cc2c(Cl)cccc12. The third-order valence-electron chi connectivity index (χ3n) is 1.80. The van der Waals surface area contributed by atoms with Crippen molar-refractivity contribution in [1.29, 1.82) is 0 Å². The fourth-order valence-corrected chi connectivity index (χ4v) is 2.01. The molecule has 0 unspecified atom stereocenters. The maximum absolute atomic E-state index is 11.4. The lowest BCUT2D eigenvalue weighted by Gasteiger charge is -1.99. The van der Waals surface area contributed by atoms with E-state index in [0.717, 1.165) is 9.09 Å². The van der Waals surface area contributed by atoms with Gasteiger partial charge in [-0.1, -0.05) is 17.7 Å². The molecule has 1 aromatic carbocycles. The van der Waals surface area contributed by atoms with Crippen molar-refractivity contribution in [1.82, 2.24) is 4.98 Å². The maximum atomic E-state index is 11.4. The zero-order chi connectivity index (χ0) is 9.42. The number of benzene rings is 1. The minimum atomic E-state index is -0.0931. The highest BCUT2D eigenvalue weighted by Gasteiger charge is 2.02. The lowest BCUT2D eigenvalue weighted by Crippen LogP contribution is -2.07. The molecular weight excluding hydrogens is 300 g/mol. The van der Waals surface area contributed by atoms with Crippen LogP contribution in [0.4, 0.5) is 0 Å². The van der Waals surface area contributed by atoms with Crippen LogP contribution < -0.4 is 5.56 Å². The molecule has 0 radical (unpaired) electrons. The number of halogens is 2. The monoisotopic (exact) mass is 305 g/mol. The summed E-state index contributed by atoms with van der Waals surface area (Å²) in [5.41, 5.74) is -0.0931. The zero-order valence-electron chi connectivity index (χ0n) is 6.47. The first-order chi connectivity index (χ1) is 6.18. The molecule has 4 heteroatoms. The molecule has 0 saturated carbocycles. The Bertz CT molecular complexity index is 520. The van der Waals surface area contributed by atoms with Gasteiger partial charge in [-0.2, -0.15) is 0 Å². The van der Waals surface area contributed by atoms with E-state index in [-0.39, 0.29) is 5.56 Å². The van der Waals surface area contributed by atoms with E-state index in [2.05, 4.69) is 27.6 Å². The van der Waals surface area contributed by atoms with E-state index in [0.29, 0.717) is 10.4 Å². The summed E-state index contributed by atoms with van der Waals surface area (Å²) < 4.78 is 0.795. The van der Waals surface area contributed by atoms with Crippen molar-refractivity contribution in [3.05, 3.63) is 43.3 Å². The molecule has 2 aromatic rings. The first-order valence-corrected chi connectivity index (χ1v) is 5.11. The number of aromatic amines is 1. The lowest BCUT2D eigenvalue weighted by molar-refractivity contribution is 1.23. The zero-order valence-corrected chi connectivity index (χ0v) is 9.39. The Morgan fingerprint density at radius 2 is 2.08 bits per heavy atom. The van der Waals surface area contributed by atoms with Crippen molar-refractivity contribution >= 4 is 45.0 Å². The first-order valence-electron chi connectivity index (χ1n) is 3.65. The topological polar surface area (TPSA) is 32.9 Å². The van der Waals surface area contributed by atoms with Crippen LogP contribution in [0.5, 0.6) is 0 Å². The molecule has 2 rings (SSSR count). The minimum Gasteiger partial charge on any atom is -0.317 e. The Hall–Kier alpha value is -0.550. The summed E-state index contributed by atoms with van der Waals surface area (Å²) >= 11 is 8.00. The standard InChI is InChI=1S/C9H5ClINO/c10-7-3-1-2-5-6(7)4-8(11)12-9(5)13/h1-4H,(H,12,13). The van der Waals surface area contributed by atoms with Crippen LogP contribution in [0.25, 0.3) is 10.8 Å². The number of rotatable bonds is 0. The number of pyridine rings is 1. The quantitative estimate of drug-likeness (QED) is 0.589. The van der Waals surface area contributed by atoms with E-state index < -0.39 is 0 Å². The van der Waals surface area contributed by atoms with Crippen molar-refractivity contribution in [3.8, 4) is 0 Å². The number of hydrogen-bond donors (Lipinski definition) is 1. The van der Waals surface area contributed by atoms with Crippen LogP contribution in [0.15, 0.2) is 29.1 Å². The summed E-state index contributed by atoms with van der Waals surface area (Å²) in [6, 6.07) is 7.17. The summed E-state index contributed by atoms with van der Waals surface area (Å²) in [6.45, 7) is 0. The van der Waals surface area contributed by atoms with E-state index in [1.54, 1.807) is 18.2 Å². The summed E-state index contributed by atoms with van der Waals surface area (Å²) in [5, 5.41) is 2.05. The molecule has 1 aromatic heterocycles. The smallest absolute Gasteiger partial charge is 0.256 e. The first kappa shape index (κ1) is 9.02. The molecule has 0 saturated heterocycles. The molecule has 0 atom stereocenters. The van der Waals surface area contributed by atoms with Gasteiger partial charge in [0.1, 0.15) is 0 Å². The van der Waals surface area contributed by atoms with Gasteiger partial charge in [0, 0.05) is 15.8 Å². The molecule has 0 fully saturated rings. The lowest BCUT2D eigenvalue weighted by atomic mass is 10.2. The number of fused-ring (bicyclic) bond motifs is 1. The second-order valence-electron chi connectivity index (χ2n) is 2.65. The molecule has 2 nitrogen and oxygen atoms in total. The normalized spacial score (nSPS) is 10.6. The third kappa shape index (κ3) is 1.58. The van der Waals surface area contributed by atoms with E-state index in [1.165, 1.54) is 0 Å².